The normalized spacial score (nSPS) is 13.3. The molecule has 0 aliphatic carbocycles. The molecule has 0 aromatic heterocycles. The van der Waals surface area contributed by atoms with Crippen molar-refractivity contribution in [2.45, 2.75) is 126 Å². The molecule has 2 aromatic carbocycles. The molecular formula is C37H57Cl5O5. The van der Waals surface area contributed by atoms with E-state index in [2.05, 4.69) is 25.1 Å². The Morgan fingerprint density at radius 3 is 1.15 bits per heavy atom. The Bertz CT molecular complexity index is 990. The molecule has 0 saturated heterocycles. The summed E-state index contributed by atoms with van der Waals surface area (Å²) in [6.45, 7) is 2.99. The quantitative estimate of drug-likeness (QED) is 0.0542. The first-order valence-electron chi connectivity index (χ1n) is 17.3. The minimum absolute atomic E-state index is 0.0490. The Morgan fingerprint density at radius 1 is 0.468 bits per heavy atom. The molecule has 10 heteroatoms. The molecule has 270 valence electrons. The van der Waals surface area contributed by atoms with Gasteiger partial charge in [0.25, 0.3) is 0 Å². The van der Waals surface area contributed by atoms with Crippen LogP contribution in [-0.2, 0) is 19.3 Å². The summed E-state index contributed by atoms with van der Waals surface area (Å²) in [4.78, 5) is 0. The first-order valence-corrected chi connectivity index (χ1v) is 19.3. The van der Waals surface area contributed by atoms with E-state index < -0.39 is 0 Å². The summed E-state index contributed by atoms with van der Waals surface area (Å²) >= 11 is 32.7. The highest BCUT2D eigenvalue weighted by atomic mass is 35.5. The Hall–Kier alpha value is -0.310. The average Bonchev–Trinajstić information content (AvgIpc) is 3.08. The summed E-state index contributed by atoms with van der Waals surface area (Å²) in [5, 5.41) is 46.0. The summed E-state index contributed by atoms with van der Waals surface area (Å²) in [5.74, 6) is 0. The number of hydrogen-bond donors (Lipinski definition) is 5. The third kappa shape index (κ3) is 17.5. The van der Waals surface area contributed by atoms with E-state index in [-0.39, 0.29) is 49.2 Å². The maximum absolute atomic E-state index is 9.02. The highest BCUT2D eigenvalue weighted by Gasteiger charge is 2.18. The molecule has 5 N–H and O–H groups in total. The van der Waals surface area contributed by atoms with Crippen LogP contribution >= 0.6 is 58.0 Å². The fourth-order valence-electron chi connectivity index (χ4n) is 5.34. The van der Waals surface area contributed by atoms with Crippen molar-refractivity contribution < 1.29 is 25.5 Å². The van der Waals surface area contributed by atoms with Crippen LogP contribution in [-0.4, -0.2) is 58.6 Å². The zero-order chi connectivity index (χ0) is 35.0. The van der Waals surface area contributed by atoms with Crippen LogP contribution < -0.4 is 0 Å². The molecule has 2 aromatic rings. The van der Waals surface area contributed by atoms with E-state index in [1.807, 2.05) is 6.07 Å². The number of alkyl halides is 3. The number of hydrogen-bond acceptors (Lipinski definition) is 5. The molecular weight excluding hydrogens is 702 g/mol. The van der Waals surface area contributed by atoms with Crippen molar-refractivity contribution in [1.29, 1.82) is 0 Å². The van der Waals surface area contributed by atoms with Gasteiger partial charge in [0.15, 0.2) is 0 Å². The average molecular weight is 759 g/mol. The fraction of sp³-hybridized carbons (Fsp3) is 0.676. The van der Waals surface area contributed by atoms with Crippen LogP contribution in [0.25, 0.3) is 0 Å². The second-order valence-electron chi connectivity index (χ2n) is 12.1. The highest BCUT2D eigenvalue weighted by Crippen LogP contribution is 2.37. The molecule has 0 aliphatic rings. The fourth-order valence-corrected chi connectivity index (χ4v) is 6.91. The number of unbranched alkanes of at least 4 members (excludes halogenated alkanes) is 4. The second kappa shape index (κ2) is 27.4. The van der Waals surface area contributed by atoms with Crippen LogP contribution in [0.4, 0.5) is 0 Å². The van der Waals surface area contributed by atoms with Crippen LogP contribution in [0.2, 0.25) is 10.0 Å². The van der Waals surface area contributed by atoms with E-state index in [9.17, 15) is 0 Å². The zero-order valence-corrected chi connectivity index (χ0v) is 31.8. The van der Waals surface area contributed by atoms with Gasteiger partial charge in [0, 0.05) is 43.1 Å². The van der Waals surface area contributed by atoms with E-state index in [0.29, 0.717) is 25.7 Å². The smallest absolute Gasteiger partial charge is 0.0586 e. The lowest BCUT2D eigenvalue weighted by atomic mass is 9.95. The van der Waals surface area contributed by atoms with Crippen molar-refractivity contribution in [3.05, 3.63) is 67.7 Å². The van der Waals surface area contributed by atoms with Gasteiger partial charge in [-0.15, -0.1) is 34.8 Å². The highest BCUT2D eigenvalue weighted by molar-refractivity contribution is 6.37. The first kappa shape index (κ1) is 44.7. The van der Waals surface area contributed by atoms with Gasteiger partial charge < -0.3 is 25.5 Å². The van der Waals surface area contributed by atoms with Crippen LogP contribution in [0, 0.1) is 0 Å². The summed E-state index contributed by atoms with van der Waals surface area (Å²) in [6, 6.07) is 8.26. The Balaban J connectivity index is 0.000000470. The monoisotopic (exact) mass is 756 g/mol. The third-order valence-electron chi connectivity index (χ3n) is 8.11. The van der Waals surface area contributed by atoms with Gasteiger partial charge >= 0.3 is 0 Å². The van der Waals surface area contributed by atoms with Crippen LogP contribution in [0.3, 0.4) is 0 Å². The second-order valence-corrected chi connectivity index (χ2v) is 14.4. The number of rotatable bonds is 24. The summed E-state index contributed by atoms with van der Waals surface area (Å²) in [7, 11) is 0. The van der Waals surface area contributed by atoms with Crippen LogP contribution in [0.1, 0.15) is 140 Å². The van der Waals surface area contributed by atoms with E-state index in [4.69, 9.17) is 83.5 Å². The van der Waals surface area contributed by atoms with Gasteiger partial charge in [0.1, 0.15) is 0 Å². The molecule has 3 atom stereocenters. The lowest BCUT2D eigenvalue weighted by molar-refractivity contribution is 0.283. The number of aryl methyl sites for hydroxylation is 2. The van der Waals surface area contributed by atoms with Gasteiger partial charge in [-0.3, -0.25) is 0 Å². The molecule has 0 aliphatic heterocycles. The molecule has 0 bridgehead atoms. The molecule has 0 radical (unpaired) electrons. The van der Waals surface area contributed by atoms with Crippen LogP contribution in [0.15, 0.2) is 24.3 Å². The summed E-state index contributed by atoms with van der Waals surface area (Å²) in [6.07, 6.45) is 13.2. The minimum Gasteiger partial charge on any atom is -0.396 e. The zero-order valence-electron chi connectivity index (χ0n) is 28.0. The van der Waals surface area contributed by atoms with Crippen molar-refractivity contribution in [1.82, 2.24) is 0 Å². The Morgan fingerprint density at radius 2 is 0.809 bits per heavy atom. The van der Waals surface area contributed by atoms with Gasteiger partial charge in [-0.05, 0) is 123 Å². The number of aliphatic hydroxyl groups excluding tert-OH is 5. The molecule has 2 rings (SSSR count). The largest absolute Gasteiger partial charge is 0.396 e. The van der Waals surface area contributed by atoms with Gasteiger partial charge in [0.05, 0.1) is 16.1 Å². The predicted octanol–water partition coefficient (Wildman–Crippen LogP) is 10.2. The topological polar surface area (TPSA) is 101 Å². The van der Waals surface area contributed by atoms with Gasteiger partial charge in [-0.1, -0.05) is 67.2 Å². The predicted molar refractivity (Wildman–Crippen MR) is 201 cm³/mol. The standard InChI is InChI=1S/C19H29Cl3O2.C18H28Cl2O3/c1-2-3-6-17(20)14-11-15(18(21)7-4-9-23)13-16(12-14)19(22)8-5-10-24;19-17-14(7-1-4-10-21)13-15(8-2-5-11-22)18(20)16(17)9-3-6-12-23/h11-13,17-19,23-24H,2-10H2,1H3;13,21-23H,1-12H2. The summed E-state index contributed by atoms with van der Waals surface area (Å²) < 4.78 is 0. The molecule has 0 saturated carbocycles. The van der Waals surface area contributed by atoms with Crippen molar-refractivity contribution in [2.24, 2.45) is 0 Å². The number of halogens is 5. The van der Waals surface area contributed by atoms with Crippen molar-refractivity contribution in [3.8, 4) is 0 Å². The lowest BCUT2D eigenvalue weighted by Gasteiger charge is -2.19. The molecule has 3 unspecified atom stereocenters. The van der Waals surface area contributed by atoms with Gasteiger partial charge in [-0.2, -0.15) is 0 Å². The van der Waals surface area contributed by atoms with Gasteiger partial charge in [-0.25, -0.2) is 0 Å². The molecule has 47 heavy (non-hydrogen) atoms. The van der Waals surface area contributed by atoms with Crippen molar-refractivity contribution in [2.75, 3.05) is 33.0 Å². The SMILES string of the molecule is CCCCC(Cl)c1cc(C(Cl)CCCO)cc(C(Cl)CCCO)c1.OCCCCc1cc(CCCCO)c(Cl)c(CCCCO)c1Cl. The van der Waals surface area contributed by atoms with E-state index in [1.54, 1.807) is 0 Å². The van der Waals surface area contributed by atoms with E-state index in [0.717, 1.165) is 120 Å². The Kier molecular flexibility index (Phi) is 26.1. The minimum atomic E-state index is -0.160. The maximum atomic E-state index is 9.02. The first-order chi connectivity index (χ1) is 22.7. The van der Waals surface area contributed by atoms with Crippen LogP contribution in [0.5, 0.6) is 0 Å². The lowest BCUT2D eigenvalue weighted by Crippen LogP contribution is -2.02. The summed E-state index contributed by atoms with van der Waals surface area (Å²) in [5.41, 5.74) is 6.22. The maximum Gasteiger partial charge on any atom is 0.0586 e. The molecule has 0 amide bonds. The van der Waals surface area contributed by atoms with E-state index in [1.165, 1.54) is 0 Å². The third-order valence-corrected chi connectivity index (χ3v) is 10.5. The molecule has 5 nitrogen and oxygen atoms in total. The molecule has 0 spiro atoms. The van der Waals surface area contributed by atoms with E-state index >= 15 is 0 Å². The Labute approximate surface area is 308 Å². The van der Waals surface area contributed by atoms with Crippen molar-refractivity contribution >= 4 is 58.0 Å². The number of benzene rings is 2. The number of aliphatic hydroxyl groups is 5. The molecule has 0 heterocycles. The van der Waals surface area contributed by atoms with Gasteiger partial charge in [0.2, 0.25) is 0 Å². The molecule has 0 fully saturated rings. The van der Waals surface area contributed by atoms with Crippen molar-refractivity contribution in [3.63, 3.8) is 0 Å².